The molecular formula is C15H21Cl2NO2. The summed E-state index contributed by atoms with van der Waals surface area (Å²) in [6, 6.07) is 7.35. The van der Waals surface area contributed by atoms with Crippen LogP contribution in [-0.4, -0.2) is 36.9 Å². The Kier molecular flexibility index (Phi) is 6.63. The number of hydrogen-bond donors (Lipinski definition) is 0. The summed E-state index contributed by atoms with van der Waals surface area (Å²) in [7, 11) is 1.78. The zero-order chi connectivity index (χ0) is 15.2. The van der Waals surface area contributed by atoms with Crippen molar-refractivity contribution in [3.63, 3.8) is 0 Å². The van der Waals surface area contributed by atoms with Crippen LogP contribution in [0.25, 0.3) is 0 Å². The molecule has 0 N–H and O–H groups in total. The van der Waals surface area contributed by atoms with Crippen molar-refractivity contribution in [2.45, 2.75) is 20.3 Å². The molecule has 1 aromatic carbocycles. The minimum Gasteiger partial charge on any atom is -0.492 e. The Hall–Kier alpha value is -0.930. The minimum atomic E-state index is -0.528. The largest absolute Gasteiger partial charge is 0.492 e. The molecule has 0 aromatic heterocycles. The van der Waals surface area contributed by atoms with Gasteiger partial charge in [0.05, 0.1) is 17.0 Å². The second-order valence-electron chi connectivity index (χ2n) is 5.38. The van der Waals surface area contributed by atoms with Crippen LogP contribution >= 0.6 is 23.2 Å². The predicted molar refractivity (Wildman–Crippen MR) is 83.7 cm³/mol. The number of ether oxygens (including phenoxy) is 1. The third-order valence-corrected chi connectivity index (χ3v) is 3.97. The number of carbonyl (C=O) groups is 1. The number of amides is 1. The molecule has 0 saturated carbocycles. The molecule has 1 rings (SSSR count). The van der Waals surface area contributed by atoms with Crippen molar-refractivity contribution in [1.82, 2.24) is 4.90 Å². The van der Waals surface area contributed by atoms with Crippen LogP contribution in [0.4, 0.5) is 0 Å². The maximum absolute atomic E-state index is 12.1. The van der Waals surface area contributed by atoms with Crippen molar-refractivity contribution in [3.8, 4) is 5.75 Å². The number of hydrogen-bond acceptors (Lipinski definition) is 2. The summed E-state index contributed by atoms with van der Waals surface area (Å²) in [5, 5.41) is 0.597. The smallest absolute Gasteiger partial charge is 0.229 e. The van der Waals surface area contributed by atoms with Crippen molar-refractivity contribution < 1.29 is 9.53 Å². The number of rotatable bonds is 7. The first-order chi connectivity index (χ1) is 9.38. The molecule has 1 amide bonds. The van der Waals surface area contributed by atoms with Gasteiger partial charge in [-0.2, -0.15) is 0 Å². The number of para-hydroxylation sites is 1. The summed E-state index contributed by atoms with van der Waals surface area (Å²) < 4.78 is 5.58. The highest BCUT2D eigenvalue weighted by atomic mass is 35.5. The van der Waals surface area contributed by atoms with Gasteiger partial charge in [-0.25, -0.2) is 0 Å². The van der Waals surface area contributed by atoms with Crippen molar-refractivity contribution in [1.29, 1.82) is 0 Å². The van der Waals surface area contributed by atoms with Crippen molar-refractivity contribution in [2.75, 3.05) is 26.1 Å². The summed E-state index contributed by atoms with van der Waals surface area (Å²) in [5.74, 6) is 1.03. The Bertz CT molecular complexity index is 449. The van der Waals surface area contributed by atoms with Crippen LogP contribution in [0.5, 0.6) is 5.75 Å². The van der Waals surface area contributed by atoms with Gasteiger partial charge in [-0.1, -0.05) is 23.7 Å². The van der Waals surface area contributed by atoms with Gasteiger partial charge in [-0.3, -0.25) is 4.79 Å². The van der Waals surface area contributed by atoms with Gasteiger partial charge in [0.1, 0.15) is 5.75 Å². The van der Waals surface area contributed by atoms with E-state index in [1.165, 1.54) is 0 Å². The molecule has 0 radical (unpaired) electrons. The normalized spacial score (nSPS) is 11.2. The number of nitrogens with zero attached hydrogens (tertiary/aromatic N) is 1. The van der Waals surface area contributed by atoms with Gasteiger partial charge in [0.2, 0.25) is 5.91 Å². The Morgan fingerprint density at radius 2 is 2.00 bits per heavy atom. The molecule has 112 valence electrons. The van der Waals surface area contributed by atoms with E-state index in [4.69, 9.17) is 27.9 Å². The van der Waals surface area contributed by atoms with Crippen LogP contribution < -0.4 is 4.74 Å². The molecule has 0 bridgehead atoms. The van der Waals surface area contributed by atoms with Crippen molar-refractivity contribution >= 4 is 29.1 Å². The molecule has 0 aliphatic rings. The number of alkyl halides is 1. The fraction of sp³-hybridized carbons (Fsp3) is 0.533. The van der Waals surface area contributed by atoms with E-state index in [1.807, 2.05) is 32.0 Å². The number of halogens is 2. The standard InChI is InChI=1S/C15H21Cl2NO2/c1-15(2,11-16)14(19)18(3)9-6-10-20-13-8-5-4-7-12(13)17/h4-5,7-8H,6,9-11H2,1-3H3. The lowest BCUT2D eigenvalue weighted by Gasteiger charge is -2.27. The molecule has 0 heterocycles. The quantitative estimate of drug-likeness (QED) is 0.565. The fourth-order valence-electron chi connectivity index (χ4n) is 1.72. The van der Waals surface area contributed by atoms with E-state index in [0.717, 1.165) is 6.42 Å². The van der Waals surface area contributed by atoms with Crippen LogP contribution in [0.2, 0.25) is 5.02 Å². The van der Waals surface area contributed by atoms with Crippen LogP contribution in [0.1, 0.15) is 20.3 Å². The Balaban J connectivity index is 2.35. The van der Waals surface area contributed by atoms with Gasteiger partial charge >= 0.3 is 0 Å². The van der Waals surface area contributed by atoms with Crippen LogP contribution in [0, 0.1) is 5.41 Å². The molecular weight excluding hydrogens is 297 g/mol. The number of benzene rings is 1. The van der Waals surface area contributed by atoms with E-state index in [1.54, 1.807) is 18.0 Å². The van der Waals surface area contributed by atoms with Gasteiger partial charge in [-0.15, -0.1) is 11.6 Å². The Morgan fingerprint density at radius 1 is 1.35 bits per heavy atom. The third-order valence-electron chi connectivity index (χ3n) is 2.99. The van der Waals surface area contributed by atoms with Gasteiger partial charge < -0.3 is 9.64 Å². The molecule has 0 spiro atoms. The molecule has 0 fully saturated rings. The van der Waals surface area contributed by atoms with Gasteiger partial charge in [0, 0.05) is 19.5 Å². The first kappa shape index (κ1) is 17.1. The zero-order valence-corrected chi connectivity index (χ0v) is 13.7. The average molecular weight is 318 g/mol. The number of carbonyl (C=O) groups excluding carboxylic acids is 1. The van der Waals surface area contributed by atoms with Crippen molar-refractivity contribution in [3.05, 3.63) is 29.3 Å². The van der Waals surface area contributed by atoms with E-state index >= 15 is 0 Å². The Morgan fingerprint density at radius 3 is 2.60 bits per heavy atom. The minimum absolute atomic E-state index is 0.0465. The second-order valence-corrected chi connectivity index (χ2v) is 6.05. The maximum Gasteiger partial charge on any atom is 0.229 e. The highest BCUT2D eigenvalue weighted by Crippen LogP contribution is 2.23. The molecule has 0 aliphatic heterocycles. The van der Waals surface area contributed by atoms with Gasteiger partial charge in [0.25, 0.3) is 0 Å². The molecule has 20 heavy (non-hydrogen) atoms. The van der Waals surface area contributed by atoms with E-state index in [0.29, 0.717) is 29.8 Å². The Labute approximate surface area is 130 Å². The van der Waals surface area contributed by atoms with Crippen LogP contribution in [-0.2, 0) is 4.79 Å². The molecule has 0 unspecified atom stereocenters. The van der Waals surface area contributed by atoms with Gasteiger partial charge in [-0.05, 0) is 32.4 Å². The SMILES string of the molecule is CN(CCCOc1ccccc1Cl)C(=O)C(C)(C)CCl. The molecule has 5 heteroatoms. The first-order valence-corrected chi connectivity index (χ1v) is 7.48. The lowest BCUT2D eigenvalue weighted by atomic mass is 9.94. The molecule has 1 aromatic rings. The van der Waals surface area contributed by atoms with Crippen LogP contribution in [0.3, 0.4) is 0 Å². The van der Waals surface area contributed by atoms with Crippen LogP contribution in [0.15, 0.2) is 24.3 Å². The molecule has 3 nitrogen and oxygen atoms in total. The lowest BCUT2D eigenvalue weighted by molar-refractivity contribution is -0.137. The molecule has 0 atom stereocenters. The average Bonchev–Trinajstić information content (AvgIpc) is 2.44. The predicted octanol–water partition coefficient (Wildman–Crippen LogP) is 3.83. The van der Waals surface area contributed by atoms with E-state index in [-0.39, 0.29) is 5.91 Å². The highest BCUT2D eigenvalue weighted by molar-refractivity contribution is 6.32. The molecule has 0 aliphatic carbocycles. The second kappa shape index (κ2) is 7.75. The summed E-state index contributed by atoms with van der Waals surface area (Å²) in [6.45, 7) is 4.84. The summed E-state index contributed by atoms with van der Waals surface area (Å²) >= 11 is 11.8. The van der Waals surface area contributed by atoms with E-state index in [2.05, 4.69) is 0 Å². The van der Waals surface area contributed by atoms with E-state index in [9.17, 15) is 4.79 Å². The monoisotopic (exact) mass is 317 g/mol. The third kappa shape index (κ3) is 4.88. The topological polar surface area (TPSA) is 29.5 Å². The summed E-state index contributed by atoms with van der Waals surface area (Å²) in [6.07, 6.45) is 0.742. The van der Waals surface area contributed by atoms with Gasteiger partial charge in [0.15, 0.2) is 0 Å². The van der Waals surface area contributed by atoms with Crippen molar-refractivity contribution in [2.24, 2.45) is 5.41 Å². The summed E-state index contributed by atoms with van der Waals surface area (Å²) in [4.78, 5) is 13.8. The highest BCUT2D eigenvalue weighted by Gasteiger charge is 2.29. The maximum atomic E-state index is 12.1. The lowest BCUT2D eigenvalue weighted by Crippen LogP contribution is -2.40. The first-order valence-electron chi connectivity index (χ1n) is 6.57. The summed E-state index contributed by atoms with van der Waals surface area (Å²) in [5.41, 5.74) is -0.528. The zero-order valence-electron chi connectivity index (χ0n) is 12.2. The molecule has 0 saturated heterocycles. The fourth-order valence-corrected chi connectivity index (χ4v) is 2.03. The van der Waals surface area contributed by atoms with E-state index < -0.39 is 5.41 Å².